The van der Waals surface area contributed by atoms with Gasteiger partial charge < -0.3 is 10.2 Å². The van der Waals surface area contributed by atoms with Crippen molar-refractivity contribution in [2.75, 3.05) is 26.7 Å². The first-order chi connectivity index (χ1) is 8.19. The molecule has 0 aliphatic heterocycles. The number of fused-ring (bicyclic) bond motifs is 2. The molecule has 2 rings (SSSR count). The maximum Gasteiger partial charge on any atom is 0.00507 e. The van der Waals surface area contributed by atoms with Crippen molar-refractivity contribution in [3.63, 3.8) is 0 Å². The van der Waals surface area contributed by atoms with E-state index in [-0.39, 0.29) is 0 Å². The largest absolute Gasteiger partial charge is 0.314 e. The van der Waals surface area contributed by atoms with Crippen molar-refractivity contribution in [3.8, 4) is 0 Å². The van der Waals surface area contributed by atoms with Crippen LogP contribution in [0.5, 0.6) is 0 Å². The highest BCUT2D eigenvalue weighted by Crippen LogP contribution is 2.48. The van der Waals surface area contributed by atoms with Gasteiger partial charge in [0.2, 0.25) is 0 Å². The molecule has 0 aromatic heterocycles. The van der Waals surface area contributed by atoms with E-state index in [4.69, 9.17) is 0 Å². The maximum atomic E-state index is 3.49. The third-order valence-electron chi connectivity index (χ3n) is 4.93. The van der Waals surface area contributed by atoms with Gasteiger partial charge in [-0.15, -0.1) is 0 Å². The van der Waals surface area contributed by atoms with Gasteiger partial charge >= 0.3 is 0 Å². The summed E-state index contributed by atoms with van der Waals surface area (Å²) in [5, 5.41) is 3.49. The van der Waals surface area contributed by atoms with Gasteiger partial charge in [0, 0.05) is 12.6 Å². The van der Waals surface area contributed by atoms with E-state index in [0.29, 0.717) is 6.04 Å². The van der Waals surface area contributed by atoms with Gasteiger partial charge in [-0.25, -0.2) is 0 Å². The fourth-order valence-electron chi connectivity index (χ4n) is 3.96. The second kappa shape index (κ2) is 6.19. The SMILES string of the molecule is CCNC(C)CCN(C)CC1CC2CCC1C2. The highest BCUT2D eigenvalue weighted by Gasteiger charge is 2.39. The number of nitrogens with one attached hydrogen (secondary N) is 1. The summed E-state index contributed by atoms with van der Waals surface area (Å²) < 4.78 is 0. The molecule has 2 bridgehead atoms. The summed E-state index contributed by atoms with van der Waals surface area (Å²) in [6.45, 7) is 8.18. The van der Waals surface area contributed by atoms with Gasteiger partial charge in [0.15, 0.2) is 0 Å². The maximum absolute atomic E-state index is 3.49. The van der Waals surface area contributed by atoms with Crippen LogP contribution in [-0.2, 0) is 0 Å². The summed E-state index contributed by atoms with van der Waals surface area (Å²) in [5.41, 5.74) is 0. The lowest BCUT2D eigenvalue weighted by Gasteiger charge is -2.28. The zero-order valence-electron chi connectivity index (χ0n) is 11.9. The topological polar surface area (TPSA) is 15.3 Å². The van der Waals surface area contributed by atoms with E-state index in [9.17, 15) is 0 Å². The summed E-state index contributed by atoms with van der Waals surface area (Å²) in [7, 11) is 2.31. The third kappa shape index (κ3) is 3.69. The Bertz CT molecular complexity index is 229. The van der Waals surface area contributed by atoms with E-state index in [2.05, 4.69) is 31.1 Å². The normalized spacial score (nSPS) is 33.5. The Hall–Kier alpha value is -0.0800. The molecule has 2 aliphatic rings. The molecule has 0 amide bonds. The van der Waals surface area contributed by atoms with Crippen LogP contribution < -0.4 is 5.32 Å². The Labute approximate surface area is 107 Å². The first-order valence-electron chi connectivity index (χ1n) is 7.61. The molecule has 2 fully saturated rings. The Morgan fingerprint density at radius 1 is 1.29 bits per heavy atom. The molecule has 2 saturated carbocycles. The molecule has 0 saturated heterocycles. The number of hydrogen-bond acceptors (Lipinski definition) is 2. The first-order valence-corrected chi connectivity index (χ1v) is 7.61. The Balaban J connectivity index is 1.62. The quantitative estimate of drug-likeness (QED) is 0.733. The van der Waals surface area contributed by atoms with Crippen LogP contribution in [0.25, 0.3) is 0 Å². The zero-order chi connectivity index (χ0) is 12.3. The van der Waals surface area contributed by atoms with E-state index in [1.807, 2.05) is 0 Å². The van der Waals surface area contributed by atoms with Crippen LogP contribution in [0.3, 0.4) is 0 Å². The van der Waals surface area contributed by atoms with Crippen LogP contribution in [0.4, 0.5) is 0 Å². The van der Waals surface area contributed by atoms with Crippen molar-refractivity contribution in [1.82, 2.24) is 10.2 Å². The van der Waals surface area contributed by atoms with Crippen LogP contribution in [0.2, 0.25) is 0 Å². The van der Waals surface area contributed by atoms with Gasteiger partial charge in [0.1, 0.15) is 0 Å². The molecule has 0 radical (unpaired) electrons. The lowest BCUT2D eigenvalue weighted by Crippen LogP contribution is -2.34. The van der Waals surface area contributed by atoms with Crippen LogP contribution in [0.1, 0.15) is 46.0 Å². The molecule has 1 N–H and O–H groups in total. The van der Waals surface area contributed by atoms with Crippen molar-refractivity contribution in [3.05, 3.63) is 0 Å². The van der Waals surface area contributed by atoms with E-state index in [1.54, 1.807) is 6.42 Å². The van der Waals surface area contributed by atoms with Gasteiger partial charge in [-0.3, -0.25) is 0 Å². The van der Waals surface area contributed by atoms with E-state index >= 15 is 0 Å². The van der Waals surface area contributed by atoms with Gasteiger partial charge in [0.05, 0.1) is 0 Å². The fourth-order valence-corrected chi connectivity index (χ4v) is 3.96. The predicted molar refractivity (Wildman–Crippen MR) is 74.2 cm³/mol. The standard InChI is InChI=1S/C15H30N2/c1-4-16-12(2)7-8-17(3)11-15-10-13-5-6-14(15)9-13/h12-16H,4-11H2,1-3H3. The number of nitrogens with zero attached hydrogens (tertiary/aromatic N) is 1. The highest BCUT2D eigenvalue weighted by atomic mass is 15.1. The zero-order valence-corrected chi connectivity index (χ0v) is 11.9. The minimum atomic E-state index is 0.669. The smallest absolute Gasteiger partial charge is 0.00507 e. The summed E-state index contributed by atoms with van der Waals surface area (Å²) in [6, 6.07) is 0.669. The van der Waals surface area contributed by atoms with Crippen molar-refractivity contribution < 1.29 is 0 Å². The minimum Gasteiger partial charge on any atom is -0.314 e. The van der Waals surface area contributed by atoms with Crippen LogP contribution in [0, 0.1) is 17.8 Å². The lowest BCUT2D eigenvalue weighted by atomic mass is 9.88. The van der Waals surface area contributed by atoms with E-state index < -0.39 is 0 Å². The average molecular weight is 238 g/mol. The van der Waals surface area contributed by atoms with Crippen LogP contribution in [-0.4, -0.2) is 37.6 Å². The molecule has 2 aliphatic carbocycles. The fraction of sp³-hybridized carbons (Fsp3) is 1.00. The number of hydrogen-bond donors (Lipinski definition) is 1. The average Bonchev–Trinajstić information content (AvgIpc) is 2.88. The summed E-state index contributed by atoms with van der Waals surface area (Å²) in [4.78, 5) is 2.57. The van der Waals surface area contributed by atoms with E-state index in [1.165, 1.54) is 38.8 Å². The van der Waals surface area contributed by atoms with Gasteiger partial charge in [-0.2, -0.15) is 0 Å². The summed E-state index contributed by atoms with van der Waals surface area (Å²) in [6.07, 6.45) is 7.41. The second-order valence-corrected chi connectivity index (χ2v) is 6.44. The molecular weight excluding hydrogens is 208 g/mol. The molecule has 100 valence electrons. The second-order valence-electron chi connectivity index (χ2n) is 6.44. The Morgan fingerprint density at radius 2 is 2.12 bits per heavy atom. The van der Waals surface area contributed by atoms with Crippen LogP contribution >= 0.6 is 0 Å². The molecule has 0 spiro atoms. The minimum absolute atomic E-state index is 0.669. The van der Waals surface area contributed by atoms with Gasteiger partial charge in [-0.1, -0.05) is 13.3 Å². The molecule has 0 aromatic carbocycles. The van der Waals surface area contributed by atoms with Crippen LogP contribution in [0.15, 0.2) is 0 Å². The van der Waals surface area contributed by atoms with Gasteiger partial charge in [-0.05, 0) is 70.5 Å². The van der Waals surface area contributed by atoms with Crippen molar-refractivity contribution in [1.29, 1.82) is 0 Å². The molecule has 4 atom stereocenters. The highest BCUT2D eigenvalue weighted by molar-refractivity contribution is 4.90. The predicted octanol–water partition coefficient (Wildman–Crippen LogP) is 2.74. The first kappa shape index (κ1) is 13.4. The molecular formula is C15H30N2. The number of rotatable bonds is 7. The summed E-state index contributed by atoms with van der Waals surface area (Å²) in [5.74, 6) is 3.20. The molecule has 2 nitrogen and oxygen atoms in total. The molecule has 4 unspecified atom stereocenters. The van der Waals surface area contributed by atoms with Crippen molar-refractivity contribution in [2.24, 2.45) is 17.8 Å². The molecule has 0 aromatic rings. The van der Waals surface area contributed by atoms with Crippen molar-refractivity contribution >= 4 is 0 Å². The monoisotopic (exact) mass is 238 g/mol. The van der Waals surface area contributed by atoms with E-state index in [0.717, 1.165) is 24.3 Å². The third-order valence-corrected chi connectivity index (χ3v) is 4.93. The van der Waals surface area contributed by atoms with Gasteiger partial charge in [0.25, 0.3) is 0 Å². The molecule has 2 heteroatoms. The summed E-state index contributed by atoms with van der Waals surface area (Å²) >= 11 is 0. The van der Waals surface area contributed by atoms with Crippen molar-refractivity contribution in [2.45, 2.75) is 52.0 Å². The molecule has 0 heterocycles. The lowest BCUT2D eigenvalue weighted by molar-refractivity contribution is 0.213. The molecule has 17 heavy (non-hydrogen) atoms. The Morgan fingerprint density at radius 3 is 2.71 bits per heavy atom. The Kier molecular flexibility index (Phi) is 4.87.